The van der Waals surface area contributed by atoms with E-state index in [1.54, 1.807) is 13.1 Å². The molecule has 21 heavy (non-hydrogen) atoms. The second kappa shape index (κ2) is 8.50. The molecule has 1 saturated heterocycles. The lowest BCUT2D eigenvalue weighted by Gasteiger charge is -2.34. The highest BCUT2D eigenvalue weighted by Crippen LogP contribution is 2.13. The highest BCUT2D eigenvalue weighted by atomic mass is 35.5. The number of aryl methyl sites for hydroxylation is 1. The first-order valence-electron chi connectivity index (χ1n) is 6.26. The van der Waals surface area contributed by atoms with Gasteiger partial charge < -0.3 is 20.1 Å². The van der Waals surface area contributed by atoms with Crippen molar-refractivity contribution in [1.29, 1.82) is 0 Å². The van der Waals surface area contributed by atoms with Crippen molar-refractivity contribution in [1.82, 2.24) is 19.4 Å². The van der Waals surface area contributed by atoms with Crippen molar-refractivity contribution in [3.63, 3.8) is 0 Å². The standard InChI is InChI=1S/C11H19N5O3.2ClH/c1-9-7-15(11(12-9)16(18)19)8-10(17)14-5-3-13(2)4-6-14;;/h7,10,17H,3-6,8H2,1-2H3;2*1H. The SMILES string of the molecule is Cc1cn(CC(O)N2CCN(C)CC2)c([N+](=O)[O-])n1.Cl.Cl. The van der Waals surface area contributed by atoms with Crippen LogP contribution in [0.2, 0.25) is 0 Å². The average molecular weight is 342 g/mol. The van der Waals surface area contributed by atoms with Crippen LogP contribution >= 0.6 is 24.8 Å². The van der Waals surface area contributed by atoms with E-state index in [0.717, 1.165) is 26.2 Å². The highest BCUT2D eigenvalue weighted by Gasteiger charge is 2.25. The van der Waals surface area contributed by atoms with Gasteiger partial charge in [0, 0.05) is 26.2 Å². The van der Waals surface area contributed by atoms with Gasteiger partial charge in [-0.05, 0) is 18.9 Å². The van der Waals surface area contributed by atoms with Crippen LogP contribution in [0.3, 0.4) is 0 Å². The third-order valence-electron chi connectivity index (χ3n) is 3.36. The molecule has 0 bridgehead atoms. The first-order valence-corrected chi connectivity index (χ1v) is 6.26. The van der Waals surface area contributed by atoms with E-state index < -0.39 is 11.2 Å². The Hall–Kier alpha value is -0.930. The number of halogens is 2. The van der Waals surface area contributed by atoms with Crippen LogP contribution in [-0.2, 0) is 6.54 Å². The molecular weight excluding hydrogens is 321 g/mol. The molecule has 0 spiro atoms. The van der Waals surface area contributed by atoms with Crippen molar-refractivity contribution in [2.45, 2.75) is 19.7 Å². The first kappa shape index (κ1) is 20.1. The maximum absolute atomic E-state index is 10.9. The molecular formula is C11H21Cl2N5O3. The number of imidazole rings is 1. The lowest BCUT2D eigenvalue weighted by molar-refractivity contribution is -0.397. The van der Waals surface area contributed by atoms with Gasteiger partial charge in [-0.1, -0.05) is 4.98 Å². The number of rotatable bonds is 4. The molecule has 0 amide bonds. The predicted molar refractivity (Wildman–Crippen MR) is 83.2 cm³/mol. The molecule has 1 aliphatic heterocycles. The summed E-state index contributed by atoms with van der Waals surface area (Å²) in [5.41, 5.74) is 0.581. The number of hydrogen-bond acceptors (Lipinski definition) is 6. The molecule has 1 aliphatic rings. The first-order chi connectivity index (χ1) is 8.97. The van der Waals surface area contributed by atoms with Gasteiger partial charge in [0.25, 0.3) is 0 Å². The molecule has 1 N–H and O–H groups in total. The molecule has 1 aromatic rings. The number of hydrogen-bond donors (Lipinski definition) is 1. The molecule has 1 fully saturated rings. The minimum Gasteiger partial charge on any atom is -0.390 e. The molecule has 8 nitrogen and oxygen atoms in total. The summed E-state index contributed by atoms with van der Waals surface area (Å²) in [7, 11) is 2.04. The van der Waals surface area contributed by atoms with E-state index in [1.807, 2.05) is 11.9 Å². The Morgan fingerprint density at radius 3 is 2.48 bits per heavy atom. The van der Waals surface area contributed by atoms with E-state index in [1.165, 1.54) is 4.57 Å². The third-order valence-corrected chi connectivity index (χ3v) is 3.36. The number of likely N-dealkylation sites (N-methyl/N-ethyl adjacent to an activating group) is 1. The molecule has 1 atom stereocenters. The number of aliphatic hydroxyl groups excluding tert-OH is 1. The van der Waals surface area contributed by atoms with Gasteiger partial charge >= 0.3 is 5.95 Å². The molecule has 0 aliphatic carbocycles. The fraction of sp³-hybridized carbons (Fsp3) is 0.727. The summed E-state index contributed by atoms with van der Waals surface area (Å²) >= 11 is 0. The number of piperazine rings is 1. The van der Waals surface area contributed by atoms with Crippen molar-refractivity contribution < 1.29 is 10.0 Å². The molecule has 0 saturated carbocycles. The van der Waals surface area contributed by atoms with Crippen molar-refractivity contribution in [3.8, 4) is 0 Å². The molecule has 1 aromatic heterocycles. The Kier molecular flexibility index (Phi) is 8.12. The Morgan fingerprint density at radius 1 is 1.38 bits per heavy atom. The molecule has 122 valence electrons. The van der Waals surface area contributed by atoms with Gasteiger partial charge in [-0.3, -0.25) is 4.90 Å². The Balaban J connectivity index is 0.00000200. The quantitative estimate of drug-likeness (QED) is 0.634. The summed E-state index contributed by atoms with van der Waals surface area (Å²) in [6.45, 7) is 5.18. The Bertz CT molecular complexity index is 463. The van der Waals surface area contributed by atoms with Gasteiger partial charge in [-0.2, -0.15) is 0 Å². The van der Waals surface area contributed by atoms with E-state index in [-0.39, 0.29) is 37.3 Å². The van der Waals surface area contributed by atoms with Crippen molar-refractivity contribution in [2.75, 3.05) is 33.2 Å². The smallest absolute Gasteiger partial charge is 0.390 e. The van der Waals surface area contributed by atoms with Crippen LogP contribution in [0.15, 0.2) is 6.20 Å². The number of nitro groups is 1. The minimum absolute atomic E-state index is 0. The van der Waals surface area contributed by atoms with Crippen LogP contribution in [0.1, 0.15) is 5.69 Å². The number of nitrogens with zero attached hydrogens (tertiary/aromatic N) is 5. The number of aliphatic hydroxyl groups is 1. The largest absolute Gasteiger partial charge is 0.434 e. The van der Waals surface area contributed by atoms with Gasteiger partial charge in [0.2, 0.25) is 0 Å². The maximum Gasteiger partial charge on any atom is 0.434 e. The van der Waals surface area contributed by atoms with Crippen LogP contribution in [-0.4, -0.2) is 68.8 Å². The summed E-state index contributed by atoms with van der Waals surface area (Å²) in [6.07, 6.45) is 0.873. The normalized spacial score (nSPS) is 17.7. The maximum atomic E-state index is 10.9. The van der Waals surface area contributed by atoms with Crippen LogP contribution in [0.5, 0.6) is 0 Å². The van der Waals surface area contributed by atoms with Gasteiger partial charge in [0.15, 0.2) is 0 Å². The summed E-state index contributed by atoms with van der Waals surface area (Å²) in [5.74, 6) is -0.217. The van der Waals surface area contributed by atoms with Crippen molar-refractivity contribution >= 4 is 30.8 Å². The van der Waals surface area contributed by atoms with Gasteiger partial charge in [-0.15, -0.1) is 24.8 Å². The van der Waals surface area contributed by atoms with Crippen LogP contribution < -0.4 is 0 Å². The summed E-state index contributed by atoms with van der Waals surface area (Å²) in [4.78, 5) is 18.3. The zero-order chi connectivity index (χ0) is 14.0. The van der Waals surface area contributed by atoms with E-state index in [0.29, 0.717) is 5.69 Å². The van der Waals surface area contributed by atoms with Crippen molar-refractivity contribution in [2.24, 2.45) is 0 Å². The third kappa shape index (κ3) is 5.08. The fourth-order valence-corrected chi connectivity index (χ4v) is 2.23. The van der Waals surface area contributed by atoms with E-state index in [9.17, 15) is 15.2 Å². The monoisotopic (exact) mass is 341 g/mol. The molecule has 1 unspecified atom stereocenters. The molecule has 2 rings (SSSR count). The van der Waals surface area contributed by atoms with Crippen molar-refractivity contribution in [3.05, 3.63) is 22.0 Å². The average Bonchev–Trinajstić information content (AvgIpc) is 2.71. The summed E-state index contributed by atoms with van der Waals surface area (Å²) < 4.78 is 1.40. The molecule has 2 heterocycles. The lowest BCUT2D eigenvalue weighted by atomic mass is 10.3. The number of aromatic nitrogens is 2. The summed E-state index contributed by atoms with van der Waals surface area (Å²) in [5, 5.41) is 21.0. The second-order valence-corrected chi connectivity index (χ2v) is 4.91. The van der Waals surface area contributed by atoms with E-state index in [4.69, 9.17) is 0 Å². The predicted octanol–water partition coefficient (Wildman–Crippen LogP) is 0.509. The topological polar surface area (TPSA) is 87.7 Å². The molecule has 0 aromatic carbocycles. The Morgan fingerprint density at radius 2 is 1.95 bits per heavy atom. The zero-order valence-electron chi connectivity index (χ0n) is 12.0. The Labute approximate surface area is 135 Å². The second-order valence-electron chi connectivity index (χ2n) is 4.91. The molecule has 0 radical (unpaired) electrons. The van der Waals surface area contributed by atoms with Gasteiger partial charge in [-0.25, -0.2) is 4.57 Å². The molecule has 10 heteroatoms. The fourth-order valence-electron chi connectivity index (χ4n) is 2.23. The van der Waals surface area contributed by atoms with Crippen LogP contribution in [0.4, 0.5) is 5.95 Å². The minimum atomic E-state index is -0.721. The van der Waals surface area contributed by atoms with Gasteiger partial charge in [0.1, 0.15) is 24.7 Å². The zero-order valence-corrected chi connectivity index (χ0v) is 13.6. The highest BCUT2D eigenvalue weighted by molar-refractivity contribution is 5.85. The van der Waals surface area contributed by atoms with E-state index in [2.05, 4.69) is 9.88 Å². The van der Waals surface area contributed by atoms with Gasteiger partial charge in [0.05, 0.1) is 0 Å². The van der Waals surface area contributed by atoms with Crippen LogP contribution in [0.25, 0.3) is 0 Å². The summed E-state index contributed by atoms with van der Waals surface area (Å²) in [6, 6.07) is 0. The lowest BCUT2D eigenvalue weighted by Crippen LogP contribution is -2.50. The van der Waals surface area contributed by atoms with E-state index >= 15 is 0 Å². The van der Waals surface area contributed by atoms with Crippen LogP contribution in [0, 0.1) is 17.0 Å².